The number of hydrogen-bond donors (Lipinski definition) is 2. The summed E-state index contributed by atoms with van der Waals surface area (Å²) < 4.78 is 4.90. The molecule has 1 aliphatic rings. The lowest BCUT2D eigenvalue weighted by Crippen LogP contribution is -2.69. The van der Waals surface area contributed by atoms with Crippen molar-refractivity contribution in [2.24, 2.45) is 23.7 Å². The highest BCUT2D eigenvalue weighted by molar-refractivity contribution is 6.00. The molecule has 0 aliphatic heterocycles. The van der Waals surface area contributed by atoms with Gasteiger partial charge in [-0.05, 0) is 43.6 Å². The van der Waals surface area contributed by atoms with E-state index in [9.17, 15) is 19.2 Å². The van der Waals surface area contributed by atoms with E-state index in [1.54, 1.807) is 13.8 Å². The Bertz CT molecular complexity index is 953. The number of Topliss-reactive ketones (excluding diaryl/α,β-unsaturated/α-hetero) is 1. The molecule has 0 heterocycles. The van der Waals surface area contributed by atoms with E-state index in [2.05, 4.69) is 10.6 Å². The Morgan fingerprint density at radius 3 is 2.26 bits per heavy atom. The summed E-state index contributed by atoms with van der Waals surface area (Å²) in [5.41, 5.74) is 0.592. The van der Waals surface area contributed by atoms with Crippen LogP contribution in [0.4, 0.5) is 0 Å². The van der Waals surface area contributed by atoms with Crippen molar-refractivity contribution in [1.82, 2.24) is 10.6 Å². The molecule has 0 saturated carbocycles. The number of nitrogens with one attached hydrogen (secondary N) is 2. The van der Waals surface area contributed by atoms with Crippen LogP contribution < -0.4 is 10.6 Å². The normalized spacial score (nSPS) is 20.9. The van der Waals surface area contributed by atoms with Crippen molar-refractivity contribution in [3.63, 3.8) is 0 Å². The second-order valence-electron chi connectivity index (χ2n) is 10.2. The first kappa shape index (κ1) is 28.3. The van der Waals surface area contributed by atoms with Gasteiger partial charge in [-0.3, -0.25) is 14.4 Å². The Kier molecular flexibility index (Phi) is 9.81. The summed E-state index contributed by atoms with van der Waals surface area (Å²) in [4.78, 5) is 52.9. The maximum atomic E-state index is 14.1. The number of esters is 1. The van der Waals surface area contributed by atoms with Gasteiger partial charge in [0, 0.05) is 12.8 Å². The highest BCUT2D eigenvalue weighted by Crippen LogP contribution is 2.37. The molecule has 4 atom stereocenters. The molecule has 0 fully saturated rings. The lowest BCUT2D eigenvalue weighted by molar-refractivity contribution is -0.150. The second-order valence-corrected chi connectivity index (χ2v) is 10.2. The number of benzene rings is 1. The largest absolute Gasteiger partial charge is 0.467 e. The van der Waals surface area contributed by atoms with Crippen LogP contribution in [-0.4, -0.2) is 42.3 Å². The third-order valence-electron chi connectivity index (χ3n) is 6.95. The number of allylic oxidation sites excluding steroid dienone is 2. The fraction of sp³-hybridized carbons (Fsp3) is 0.571. The number of ketones is 1. The average Bonchev–Trinajstić information content (AvgIpc) is 2.93. The molecule has 7 heteroatoms. The molecule has 2 N–H and O–H groups in total. The van der Waals surface area contributed by atoms with E-state index in [-0.39, 0.29) is 11.7 Å². The van der Waals surface area contributed by atoms with Crippen LogP contribution in [-0.2, 0) is 30.3 Å². The molecule has 192 valence electrons. The maximum Gasteiger partial charge on any atom is 0.328 e. The van der Waals surface area contributed by atoms with Crippen LogP contribution in [0.5, 0.6) is 0 Å². The van der Waals surface area contributed by atoms with E-state index < -0.39 is 47.1 Å². The van der Waals surface area contributed by atoms with E-state index in [0.29, 0.717) is 19.3 Å². The smallest absolute Gasteiger partial charge is 0.328 e. The predicted molar refractivity (Wildman–Crippen MR) is 135 cm³/mol. The van der Waals surface area contributed by atoms with Crippen LogP contribution in [0.2, 0.25) is 0 Å². The zero-order chi connectivity index (χ0) is 26.3. The van der Waals surface area contributed by atoms with Gasteiger partial charge in [0.1, 0.15) is 17.4 Å². The molecular formula is C28H40N2O5. The van der Waals surface area contributed by atoms with Gasteiger partial charge < -0.3 is 15.4 Å². The summed E-state index contributed by atoms with van der Waals surface area (Å²) in [5, 5.41) is 5.69. The summed E-state index contributed by atoms with van der Waals surface area (Å²) in [6.45, 7) is 10.6. The van der Waals surface area contributed by atoms with Crippen LogP contribution in [0.3, 0.4) is 0 Å². The van der Waals surface area contributed by atoms with Gasteiger partial charge in [-0.2, -0.15) is 0 Å². The molecule has 2 rings (SSSR count). The third-order valence-corrected chi connectivity index (χ3v) is 6.95. The van der Waals surface area contributed by atoms with Crippen molar-refractivity contribution in [1.29, 1.82) is 0 Å². The van der Waals surface area contributed by atoms with Gasteiger partial charge >= 0.3 is 5.97 Å². The van der Waals surface area contributed by atoms with Crippen molar-refractivity contribution in [2.45, 2.75) is 72.4 Å². The van der Waals surface area contributed by atoms with Crippen molar-refractivity contribution in [3.8, 4) is 0 Å². The first-order valence-corrected chi connectivity index (χ1v) is 12.4. The van der Waals surface area contributed by atoms with Crippen LogP contribution in [0.1, 0.15) is 59.9 Å². The minimum atomic E-state index is -1.52. The maximum absolute atomic E-state index is 14.1. The summed E-state index contributed by atoms with van der Waals surface area (Å²) in [6, 6.07) is 8.87. The van der Waals surface area contributed by atoms with Gasteiger partial charge in [-0.15, -0.1) is 0 Å². The topological polar surface area (TPSA) is 102 Å². The Morgan fingerprint density at radius 1 is 1.11 bits per heavy atom. The molecule has 2 unspecified atom stereocenters. The standard InChI is InChI=1S/C28H40N2O5/c1-17(2)24(26(33)35-7)29-27(34)28(18(3)4,30-20(6)31)23-14-13-19(5)15-22(25(23)32)16-21-11-9-8-10-12-21/h8-12,15,17-18,22-24H,13-14,16H2,1-7H3,(H,29,34)(H,30,31)/t22?,23?,24-,28+/m0/s1. The zero-order valence-electron chi connectivity index (χ0n) is 22.0. The first-order chi connectivity index (χ1) is 16.4. The Hall–Kier alpha value is -2.96. The van der Waals surface area contributed by atoms with E-state index >= 15 is 0 Å². The van der Waals surface area contributed by atoms with E-state index in [1.165, 1.54) is 14.0 Å². The molecule has 1 aromatic carbocycles. The molecule has 0 bridgehead atoms. The number of carbonyl (C=O) groups is 4. The van der Waals surface area contributed by atoms with Crippen LogP contribution >= 0.6 is 0 Å². The van der Waals surface area contributed by atoms with Crippen LogP contribution in [0, 0.1) is 23.7 Å². The van der Waals surface area contributed by atoms with Crippen molar-refractivity contribution in [3.05, 3.63) is 47.5 Å². The minimum absolute atomic E-state index is 0.0810. The van der Waals surface area contributed by atoms with Crippen molar-refractivity contribution >= 4 is 23.6 Å². The quantitative estimate of drug-likeness (QED) is 0.412. The number of ether oxygens (including phenoxy) is 1. The molecule has 0 saturated heterocycles. The van der Waals surface area contributed by atoms with Crippen molar-refractivity contribution < 1.29 is 23.9 Å². The second kappa shape index (κ2) is 12.1. The number of hydrogen-bond acceptors (Lipinski definition) is 5. The third kappa shape index (κ3) is 6.59. The lowest BCUT2D eigenvalue weighted by Gasteiger charge is -2.43. The molecular weight excluding hydrogens is 444 g/mol. The SMILES string of the molecule is COC(=O)[C@@H](NC(=O)[C@@](NC(C)=O)(C(C)C)C1CCC(C)=CC(Cc2ccccc2)C1=O)C(C)C. The van der Waals surface area contributed by atoms with Crippen molar-refractivity contribution in [2.75, 3.05) is 7.11 Å². The highest BCUT2D eigenvalue weighted by Gasteiger charge is 2.53. The Labute approximate surface area is 209 Å². The highest BCUT2D eigenvalue weighted by atomic mass is 16.5. The van der Waals surface area contributed by atoms with Crippen LogP contribution in [0.25, 0.3) is 0 Å². The molecule has 7 nitrogen and oxygen atoms in total. The number of rotatable bonds is 9. The summed E-state index contributed by atoms with van der Waals surface area (Å²) >= 11 is 0. The molecule has 35 heavy (non-hydrogen) atoms. The monoisotopic (exact) mass is 484 g/mol. The van der Waals surface area contributed by atoms with E-state index in [4.69, 9.17) is 4.74 Å². The molecule has 0 aromatic heterocycles. The first-order valence-electron chi connectivity index (χ1n) is 12.4. The lowest BCUT2D eigenvalue weighted by atomic mass is 9.68. The van der Waals surface area contributed by atoms with Gasteiger partial charge in [-0.25, -0.2) is 4.79 Å². The summed E-state index contributed by atoms with van der Waals surface area (Å²) in [5.74, 6) is -3.44. The zero-order valence-corrected chi connectivity index (χ0v) is 22.0. The van der Waals surface area contributed by atoms with E-state index in [1.807, 2.05) is 57.2 Å². The van der Waals surface area contributed by atoms with Gasteiger partial charge in [0.25, 0.3) is 0 Å². The van der Waals surface area contributed by atoms with Gasteiger partial charge in [0.05, 0.1) is 13.0 Å². The number of carbonyl (C=O) groups excluding carboxylic acids is 4. The summed E-state index contributed by atoms with van der Waals surface area (Å²) in [7, 11) is 1.27. The fourth-order valence-electron chi connectivity index (χ4n) is 5.05. The average molecular weight is 485 g/mol. The molecule has 1 aliphatic carbocycles. The van der Waals surface area contributed by atoms with Gasteiger partial charge in [0.2, 0.25) is 11.8 Å². The van der Waals surface area contributed by atoms with Crippen LogP contribution in [0.15, 0.2) is 42.0 Å². The van der Waals surface area contributed by atoms with Gasteiger partial charge in [-0.1, -0.05) is 69.7 Å². The number of methoxy groups -OCH3 is 1. The van der Waals surface area contributed by atoms with E-state index in [0.717, 1.165) is 11.1 Å². The number of amides is 2. The van der Waals surface area contributed by atoms with Gasteiger partial charge in [0.15, 0.2) is 0 Å². The molecule has 0 radical (unpaired) electrons. The predicted octanol–water partition coefficient (Wildman–Crippen LogP) is 3.62. The molecule has 0 spiro atoms. The minimum Gasteiger partial charge on any atom is -0.467 e. The Morgan fingerprint density at radius 2 is 1.74 bits per heavy atom. The molecule has 1 aromatic rings. The Balaban J connectivity index is 2.55. The fourth-order valence-corrected chi connectivity index (χ4v) is 5.05. The summed E-state index contributed by atoms with van der Waals surface area (Å²) in [6.07, 6.45) is 3.56. The molecule has 2 amide bonds.